The van der Waals surface area contributed by atoms with Crippen LogP contribution < -0.4 is 15.4 Å². The minimum atomic E-state index is 0. The van der Waals surface area contributed by atoms with E-state index in [0.29, 0.717) is 13.2 Å². The predicted molar refractivity (Wildman–Crippen MR) is 124 cm³/mol. The number of para-hydroxylation sites is 1. The van der Waals surface area contributed by atoms with Crippen molar-refractivity contribution in [3.8, 4) is 17.1 Å². The highest BCUT2D eigenvalue weighted by atomic mass is 127. The Bertz CT molecular complexity index is 944. The molecule has 0 spiro atoms. The zero-order chi connectivity index (χ0) is 19.2. The number of benzene rings is 2. The number of fused-ring (bicyclic) bond motifs is 1. The molecule has 29 heavy (non-hydrogen) atoms. The summed E-state index contributed by atoms with van der Waals surface area (Å²) < 4.78 is 5.76. The maximum Gasteiger partial charge on any atom is 0.192 e. The molecule has 3 N–H and O–H groups in total. The lowest BCUT2D eigenvalue weighted by Gasteiger charge is -2.28. The molecule has 0 amide bonds. The Morgan fingerprint density at radius 2 is 2.14 bits per heavy atom. The quantitative estimate of drug-likeness (QED) is 0.281. The standard InChI is InChI=1S/C21H24N6O.HI/c1-2-22-21(26-18-10-11-28-19-9-4-3-8-17(18)19)23-13-15-6-5-7-16(12-15)20-24-14-25-27-20;/h3-9,12,14,18H,2,10-11,13H2,1H3,(H2,22,23,26)(H,24,25,27);1H. The van der Waals surface area contributed by atoms with Crippen molar-refractivity contribution in [2.45, 2.75) is 25.9 Å². The topological polar surface area (TPSA) is 87.2 Å². The summed E-state index contributed by atoms with van der Waals surface area (Å²) in [4.78, 5) is 8.99. The normalized spacial score (nSPS) is 15.6. The molecule has 0 fully saturated rings. The number of aromatic nitrogens is 3. The van der Waals surface area contributed by atoms with Gasteiger partial charge >= 0.3 is 0 Å². The van der Waals surface area contributed by atoms with Crippen molar-refractivity contribution in [3.63, 3.8) is 0 Å². The third-order valence-electron chi connectivity index (χ3n) is 4.65. The smallest absolute Gasteiger partial charge is 0.192 e. The highest BCUT2D eigenvalue weighted by Crippen LogP contribution is 2.31. The second-order valence-corrected chi connectivity index (χ2v) is 6.60. The van der Waals surface area contributed by atoms with Gasteiger partial charge in [0, 0.05) is 24.1 Å². The van der Waals surface area contributed by atoms with Gasteiger partial charge in [-0.25, -0.2) is 9.98 Å². The largest absolute Gasteiger partial charge is 0.493 e. The molecule has 0 aliphatic carbocycles. The third-order valence-corrected chi connectivity index (χ3v) is 4.65. The van der Waals surface area contributed by atoms with E-state index in [1.807, 2.05) is 30.3 Å². The summed E-state index contributed by atoms with van der Waals surface area (Å²) >= 11 is 0. The number of aliphatic imine (C=N–C) groups is 1. The summed E-state index contributed by atoms with van der Waals surface area (Å²) in [6.45, 7) is 4.14. The third kappa shape index (κ3) is 5.26. The second-order valence-electron chi connectivity index (χ2n) is 6.60. The number of nitrogens with zero attached hydrogens (tertiary/aromatic N) is 3. The Balaban J connectivity index is 0.00000240. The molecule has 3 aromatic rings. The summed E-state index contributed by atoms with van der Waals surface area (Å²) in [5, 5.41) is 13.7. The number of aromatic amines is 1. The van der Waals surface area contributed by atoms with E-state index < -0.39 is 0 Å². The molecular formula is C21H25IN6O. The van der Waals surface area contributed by atoms with Crippen LogP contribution in [0.25, 0.3) is 11.4 Å². The average Bonchev–Trinajstić information content (AvgIpc) is 3.28. The maximum atomic E-state index is 5.76. The first-order valence-corrected chi connectivity index (χ1v) is 9.54. The first-order valence-electron chi connectivity index (χ1n) is 9.54. The SMILES string of the molecule is CCNC(=NCc1cccc(-c2ncn[nH]2)c1)NC1CCOc2ccccc21.I. The van der Waals surface area contributed by atoms with Crippen molar-refractivity contribution in [3.05, 3.63) is 66.0 Å². The molecule has 1 aliphatic heterocycles. The van der Waals surface area contributed by atoms with E-state index in [-0.39, 0.29) is 30.0 Å². The molecule has 7 nitrogen and oxygen atoms in total. The predicted octanol–water partition coefficient (Wildman–Crippen LogP) is 3.67. The van der Waals surface area contributed by atoms with Crippen molar-refractivity contribution in [2.75, 3.05) is 13.2 Å². The molecule has 8 heteroatoms. The van der Waals surface area contributed by atoms with Crippen LogP contribution in [-0.4, -0.2) is 34.3 Å². The number of halogens is 1. The molecule has 1 aromatic heterocycles. The number of guanidine groups is 1. The Morgan fingerprint density at radius 1 is 1.24 bits per heavy atom. The molecule has 152 valence electrons. The van der Waals surface area contributed by atoms with Crippen LogP contribution in [0.5, 0.6) is 5.75 Å². The fourth-order valence-corrected chi connectivity index (χ4v) is 3.31. The Morgan fingerprint density at radius 3 is 2.97 bits per heavy atom. The van der Waals surface area contributed by atoms with Gasteiger partial charge in [0.15, 0.2) is 11.8 Å². The molecule has 1 aliphatic rings. The van der Waals surface area contributed by atoms with E-state index in [9.17, 15) is 0 Å². The lowest BCUT2D eigenvalue weighted by molar-refractivity contribution is 0.261. The van der Waals surface area contributed by atoms with Gasteiger partial charge in [-0.1, -0.05) is 36.4 Å². The molecule has 0 bridgehead atoms. The molecule has 0 saturated heterocycles. The van der Waals surface area contributed by atoms with E-state index >= 15 is 0 Å². The molecule has 0 radical (unpaired) electrons. The fraction of sp³-hybridized carbons (Fsp3) is 0.286. The van der Waals surface area contributed by atoms with E-state index in [1.54, 1.807) is 0 Å². The van der Waals surface area contributed by atoms with Gasteiger partial charge in [0.05, 0.1) is 19.2 Å². The number of nitrogens with one attached hydrogen (secondary N) is 3. The van der Waals surface area contributed by atoms with E-state index in [2.05, 4.69) is 50.9 Å². The van der Waals surface area contributed by atoms with Crippen molar-refractivity contribution in [1.82, 2.24) is 25.8 Å². The number of hydrogen-bond donors (Lipinski definition) is 3. The van der Waals surface area contributed by atoms with Gasteiger partial charge in [0.25, 0.3) is 0 Å². The maximum absolute atomic E-state index is 5.76. The van der Waals surface area contributed by atoms with E-state index in [1.165, 1.54) is 11.9 Å². The van der Waals surface area contributed by atoms with Crippen molar-refractivity contribution >= 4 is 29.9 Å². The molecular weight excluding hydrogens is 479 g/mol. The molecule has 4 rings (SSSR count). The Kier molecular flexibility index (Phi) is 7.45. The fourth-order valence-electron chi connectivity index (χ4n) is 3.31. The first kappa shape index (κ1) is 21.1. The number of H-pyrrole nitrogens is 1. The van der Waals surface area contributed by atoms with Crippen LogP contribution in [0.3, 0.4) is 0 Å². The average molecular weight is 504 g/mol. The molecule has 1 unspecified atom stereocenters. The summed E-state index contributed by atoms with van der Waals surface area (Å²) in [7, 11) is 0. The van der Waals surface area contributed by atoms with Crippen LogP contribution >= 0.6 is 24.0 Å². The van der Waals surface area contributed by atoms with Crippen LogP contribution in [0.1, 0.15) is 30.5 Å². The zero-order valence-corrected chi connectivity index (χ0v) is 18.6. The van der Waals surface area contributed by atoms with Crippen LogP contribution in [0.15, 0.2) is 59.9 Å². The summed E-state index contributed by atoms with van der Waals surface area (Å²) in [6.07, 6.45) is 2.42. The van der Waals surface area contributed by atoms with Gasteiger partial charge in [0.1, 0.15) is 12.1 Å². The van der Waals surface area contributed by atoms with Crippen molar-refractivity contribution < 1.29 is 4.74 Å². The highest BCUT2D eigenvalue weighted by molar-refractivity contribution is 14.0. The lowest BCUT2D eigenvalue weighted by atomic mass is 10.0. The lowest BCUT2D eigenvalue weighted by Crippen LogP contribution is -2.41. The van der Waals surface area contributed by atoms with Crippen molar-refractivity contribution in [1.29, 1.82) is 0 Å². The van der Waals surface area contributed by atoms with Crippen LogP contribution in [0.2, 0.25) is 0 Å². The van der Waals surface area contributed by atoms with Gasteiger partial charge in [-0.05, 0) is 24.6 Å². The Labute approximate surface area is 187 Å². The van der Waals surface area contributed by atoms with Crippen LogP contribution in [-0.2, 0) is 6.54 Å². The van der Waals surface area contributed by atoms with E-state index in [0.717, 1.165) is 41.6 Å². The number of rotatable bonds is 5. The highest BCUT2D eigenvalue weighted by Gasteiger charge is 2.21. The molecule has 0 saturated carbocycles. The summed E-state index contributed by atoms with van der Waals surface area (Å²) in [5.74, 6) is 2.51. The molecule has 2 aromatic carbocycles. The molecule has 2 heterocycles. The van der Waals surface area contributed by atoms with Gasteiger partial charge in [-0.3, -0.25) is 5.10 Å². The Hall–Kier alpha value is -2.62. The van der Waals surface area contributed by atoms with Gasteiger partial charge in [-0.2, -0.15) is 5.10 Å². The zero-order valence-electron chi connectivity index (χ0n) is 16.3. The van der Waals surface area contributed by atoms with E-state index in [4.69, 9.17) is 9.73 Å². The van der Waals surface area contributed by atoms with Crippen LogP contribution in [0.4, 0.5) is 0 Å². The minimum Gasteiger partial charge on any atom is -0.493 e. The van der Waals surface area contributed by atoms with Crippen LogP contribution in [0, 0.1) is 0 Å². The van der Waals surface area contributed by atoms with Gasteiger partial charge in [0.2, 0.25) is 0 Å². The summed E-state index contributed by atoms with van der Waals surface area (Å²) in [6, 6.07) is 16.5. The first-order chi connectivity index (χ1) is 13.8. The number of hydrogen-bond acceptors (Lipinski definition) is 4. The summed E-state index contributed by atoms with van der Waals surface area (Å²) in [5.41, 5.74) is 3.28. The van der Waals surface area contributed by atoms with Crippen molar-refractivity contribution in [2.24, 2.45) is 4.99 Å². The monoisotopic (exact) mass is 504 g/mol. The number of ether oxygens (including phenoxy) is 1. The van der Waals surface area contributed by atoms with Gasteiger partial charge in [-0.15, -0.1) is 24.0 Å². The second kappa shape index (κ2) is 10.2. The minimum absolute atomic E-state index is 0. The van der Waals surface area contributed by atoms with Gasteiger partial charge < -0.3 is 15.4 Å². The molecule has 1 atom stereocenters.